The monoisotopic (exact) mass is 272 g/mol. The van der Waals surface area contributed by atoms with Gasteiger partial charge in [0.15, 0.2) is 0 Å². The van der Waals surface area contributed by atoms with E-state index in [1.807, 2.05) is 56.7 Å². The number of para-hydroxylation sites is 1. The number of carbonyl (C=O) groups excluding carboxylic acids is 1. The highest BCUT2D eigenvalue weighted by Crippen LogP contribution is 2.05. The second-order valence-corrected chi connectivity index (χ2v) is 4.80. The number of amides is 1. The number of anilines is 1. The van der Waals surface area contributed by atoms with Gasteiger partial charge in [-0.25, -0.2) is 0 Å². The summed E-state index contributed by atoms with van der Waals surface area (Å²) in [6, 6.07) is 9.24. The Balaban J connectivity index is 1.74. The van der Waals surface area contributed by atoms with Crippen molar-refractivity contribution in [1.29, 1.82) is 0 Å². The van der Waals surface area contributed by atoms with Crippen LogP contribution in [0, 0.1) is 0 Å². The molecule has 1 atom stereocenters. The molecule has 0 bridgehead atoms. The molecule has 0 aliphatic rings. The summed E-state index contributed by atoms with van der Waals surface area (Å²) in [5.74, 6) is -0.0256. The van der Waals surface area contributed by atoms with Gasteiger partial charge in [-0.3, -0.25) is 9.48 Å². The second kappa shape index (κ2) is 6.86. The Morgan fingerprint density at radius 1 is 1.35 bits per heavy atom. The van der Waals surface area contributed by atoms with Gasteiger partial charge in [0.2, 0.25) is 5.91 Å². The molecule has 0 saturated heterocycles. The number of nitrogens with one attached hydrogen (secondary N) is 2. The van der Waals surface area contributed by atoms with E-state index in [4.69, 9.17) is 0 Å². The molecule has 5 heteroatoms. The molecule has 5 nitrogen and oxygen atoms in total. The van der Waals surface area contributed by atoms with Crippen LogP contribution in [-0.2, 0) is 18.3 Å². The van der Waals surface area contributed by atoms with Crippen molar-refractivity contribution in [1.82, 2.24) is 15.1 Å². The van der Waals surface area contributed by atoms with E-state index in [9.17, 15) is 4.79 Å². The van der Waals surface area contributed by atoms with Crippen molar-refractivity contribution in [3.8, 4) is 0 Å². The van der Waals surface area contributed by atoms with Crippen molar-refractivity contribution in [3.05, 3.63) is 48.3 Å². The van der Waals surface area contributed by atoms with Gasteiger partial charge in [0.1, 0.15) is 0 Å². The fourth-order valence-corrected chi connectivity index (χ4v) is 1.90. The molecule has 2 N–H and O–H groups in total. The third-order valence-corrected chi connectivity index (χ3v) is 3.06. The highest BCUT2D eigenvalue weighted by molar-refractivity contribution is 5.94. The van der Waals surface area contributed by atoms with Crippen LogP contribution >= 0.6 is 0 Å². The molecular formula is C15H20N4O. The van der Waals surface area contributed by atoms with Crippen molar-refractivity contribution >= 4 is 11.6 Å². The lowest BCUT2D eigenvalue weighted by atomic mass is 10.2. The lowest BCUT2D eigenvalue weighted by Crippen LogP contribution is -2.39. The van der Waals surface area contributed by atoms with E-state index in [2.05, 4.69) is 15.7 Å². The van der Waals surface area contributed by atoms with Gasteiger partial charge in [-0.2, -0.15) is 5.10 Å². The number of aromatic nitrogens is 2. The van der Waals surface area contributed by atoms with Crippen molar-refractivity contribution in [2.45, 2.75) is 19.4 Å². The van der Waals surface area contributed by atoms with Crippen molar-refractivity contribution < 1.29 is 4.79 Å². The van der Waals surface area contributed by atoms with Gasteiger partial charge in [0, 0.05) is 25.5 Å². The maximum atomic E-state index is 12.0. The molecule has 0 aliphatic carbocycles. The molecule has 1 heterocycles. The quantitative estimate of drug-likeness (QED) is 0.839. The zero-order chi connectivity index (χ0) is 14.4. The Bertz CT molecular complexity index is 550. The highest BCUT2D eigenvalue weighted by atomic mass is 16.2. The van der Waals surface area contributed by atoms with Gasteiger partial charge in [0.05, 0.1) is 12.2 Å². The average Bonchev–Trinajstić information content (AvgIpc) is 2.85. The maximum Gasteiger partial charge on any atom is 0.241 e. The number of benzene rings is 1. The summed E-state index contributed by atoms with van der Waals surface area (Å²) in [7, 11) is 1.90. The zero-order valence-electron chi connectivity index (χ0n) is 11.8. The smallest absolute Gasteiger partial charge is 0.241 e. The average molecular weight is 272 g/mol. The van der Waals surface area contributed by atoms with Gasteiger partial charge in [-0.1, -0.05) is 18.2 Å². The second-order valence-electron chi connectivity index (χ2n) is 4.80. The molecule has 2 aromatic rings. The van der Waals surface area contributed by atoms with Gasteiger partial charge in [0.25, 0.3) is 0 Å². The van der Waals surface area contributed by atoms with Gasteiger partial charge in [-0.05, 0) is 31.0 Å². The summed E-state index contributed by atoms with van der Waals surface area (Å²) in [4.78, 5) is 12.0. The van der Waals surface area contributed by atoms with Crippen LogP contribution in [0.2, 0.25) is 0 Å². The molecule has 20 heavy (non-hydrogen) atoms. The molecule has 0 spiro atoms. The van der Waals surface area contributed by atoms with Crippen LogP contribution in [-0.4, -0.2) is 28.3 Å². The molecule has 0 saturated carbocycles. The fraction of sp³-hybridized carbons (Fsp3) is 0.333. The molecular weight excluding hydrogens is 252 g/mol. The summed E-state index contributed by atoms with van der Waals surface area (Å²) >= 11 is 0. The molecule has 1 aromatic heterocycles. The van der Waals surface area contributed by atoms with Crippen LogP contribution in [0.15, 0.2) is 42.7 Å². The number of hydrogen-bond donors (Lipinski definition) is 2. The van der Waals surface area contributed by atoms with E-state index in [-0.39, 0.29) is 11.9 Å². The minimum atomic E-state index is -0.230. The van der Waals surface area contributed by atoms with Crippen LogP contribution in [0.3, 0.4) is 0 Å². The highest BCUT2D eigenvalue weighted by Gasteiger charge is 2.11. The summed E-state index contributed by atoms with van der Waals surface area (Å²) in [5.41, 5.74) is 1.98. The van der Waals surface area contributed by atoms with Crippen LogP contribution < -0.4 is 10.6 Å². The third-order valence-electron chi connectivity index (χ3n) is 3.06. The molecule has 2 rings (SSSR count). The third kappa shape index (κ3) is 4.20. The first-order valence-corrected chi connectivity index (χ1v) is 6.72. The first kappa shape index (κ1) is 14.3. The van der Waals surface area contributed by atoms with E-state index < -0.39 is 0 Å². The topological polar surface area (TPSA) is 59.0 Å². The lowest BCUT2D eigenvalue weighted by Gasteiger charge is -2.13. The van der Waals surface area contributed by atoms with Crippen LogP contribution in [0.25, 0.3) is 0 Å². The van der Waals surface area contributed by atoms with E-state index in [1.165, 1.54) is 0 Å². The number of carbonyl (C=O) groups is 1. The summed E-state index contributed by atoms with van der Waals surface area (Å²) in [6.07, 6.45) is 4.68. The summed E-state index contributed by atoms with van der Waals surface area (Å²) in [6.45, 7) is 2.61. The largest absolute Gasteiger partial charge is 0.325 e. The predicted octanol–water partition coefficient (Wildman–Crippen LogP) is 1.58. The molecule has 1 aromatic carbocycles. The van der Waals surface area contributed by atoms with Gasteiger partial charge < -0.3 is 10.6 Å². The normalized spacial score (nSPS) is 12.1. The lowest BCUT2D eigenvalue weighted by molar-refractivity contribution is -0.117. The summed E-state index contributed by atoms with van der Waals surface area (Å²) in [5, 5.41) is 10.2. The first-order chi connectivity index (χ1) is 9.65. The molecule has 1 amide bonds. The van der Waals surface area contributed by atoms with E-state index >= 15 is 0 Å². The molecule has 1 unspecified atom stereocenters. The predicted molar refractivity (Wildman–Crippen MR) is 79.4 cm³/mol. The first-order valence-electron chi connectivity index (χ1n) is 6.72. The minimum absolute atomic E-state index is 0.0256. The molecule has 0 fully saturated rings. The van der Waals surface area contributed by atoms with Crippen LogP contribution in [0.1, 0.15) is 12.5 Å². The van der Waals surface area contributed by atoms with E-state index in [0.29, 0.717) is 0 Å². The zero-order valence-corrected chi connectivity index (χ0v) is 11.8. The number of nitrogens with zero attached hydrogens (tertiary/aromatic N) is 2. The standard InChI is InChI=1S/C15H20N4O/c1-12(15(20)18-14-6-4-3-5-7-14)16-9-8-13-10-17-19(2)11-13/h3-7,10-12,16H,8-9H2,1-2H3,(H,18,20). The number of aryl methyl sites for hydroxylation is 1. The summed E-state index contributed by atoms with van der Waals surface area (Å²) < 4.78 is 1.78. The Kier molecular flexibility index (Phi) is 4.90. The van der Waals surface area contributed by atoms with Crippen LogP contribution in [0.4, 0.5) is 5.69 Å². The van der Waals surface area contributed by atoms with Crippen LogP contribution in [0.5, 0.6) is 0 Å². The number of rotatable bonds is 6. The number of hydrogen-bond acceptors (Lipinski definition) is 3. The minimum Gasteiger partial charge on any atom is -0.325 e. The van der Waals surface area contributed by atoms with Gasteiger partial charge in [-0.15, -0.1) is 0 Å². The van der Waals surface area contributed by atoms with Crippen molar-refractivity contribution in [2.75, 3.05) is 11.9 Å². The maximum absolute atomic E-state index is 12.0. The molecule has 0 aliphatic heterocycles. The Hall–Kier alpha value is -2.14. The fourth-order valence-electron chi connectivity index (χ4n) is 1.90. The van der Waals surface area contributed by atoms with E-state index in [0.717, 1.165) is 24.2 Å². The van der Waals surface area contributed by atoms with Crippen molar-refractivity contribution in [2.24, 2.45) is 7.05 Å². The van der Waals surface area contributed by atoms with Crippen molar-refractivity contribution in [3.63, 3.8) is 0 Å². The molecule has 106 valence electrons. The Labute approximate surface area is 119 Å². The Morgan fingerprint density at radius 2 is 2.10 bits per heavy atom. The SMILES string of the molecule is CC(NCCc1cnn(C)c1)C(=O)Nc1ccccc1. The molecule has 0 radical (unpaired) electrons. The van der Waals surface area contributed by atoms with Gasteiger partial charge >= 0.3 is 0 Å². The Morgan fingerprint density at radius 3 is 2.75 bits per heavy atom. The van der Waals surface area contributed by atoms with E-state index in [1.54, 1.807) is 4.68 Å².